The van der Waals surface area contributed by atoms with Crippen LogP contribution in [0.4, 0.5) is 0 Å². The van der Waals surface area contributed by atoms with Crippen molar-refractivity contribution in [3.63, 3.8) is 0 Å². The molecule has 17 heavy (non-hydrogen) atoms. The van der Waals surface area contributed by atoms with Crippen LogP contribution in [-0.4, -0.2) is 17.1 Å². The third-order valence-electron chi connectivity index (χ3n) is 3.06. The predicted octanol–water partition coefficient (Wildman–Crippen LogP) is 2.60. The fourth-order valence-electron chi connectivity index (χ4n) is 2.18. The van der Waals surface area contributed by atoms with Crippen LogP contribution in [0.25, 0.3) is 6.08 Å². The summed E-state index contributed by atoms with van der Waals surface area (Å²) in [6.07, 6.45) is 5.58. The summed E-state index contributed by atoms with van der Waals surface area (Å²) >= 11 is 0. The average molecular weight is 231 g/mol. The molecule has 0 unspecified atom stereocenters. The van der Waals surface area contributed by atoms with Crippen molar-refractivity contribution in [3.8, 4) is 0 Å². The minimum absolute atomic E-state index is 0.0267. The summed E-state index contributed by atoms with van der Waals surface area (Å²) < 4.78 is 0. The number of hydrogen-bond donors (Lipinski definition) is 2. The Kier molecular flexibility index (Phi) is 3.59. The molecule has 1 aliphatic carbocycles. The predicted molar refractivity (Wildman–Crippen MR) is 67.7 cm³/mol. The van der Waals surface area contributed by atoms with E-state index in [1.54, 1.807) is 0 Å². The number of rotatable bonds is 5. The highest BCUT2D eigenvalue weighted by Gasteiger charge is 2.23. The van der Waals surface area contributed by atoms with Crippen LogP contribution in [0.2, 0.25) is 0 Å². The molecule has 1 aliphatic rings. The maximum Gasteiger partial charge on any atom is 0.320 e. The number of carboxylic acid groups (broad SMARTS) is 1. The lowest BCUT2D eigenvalue weighted by Gasteiger charge is -2.19. The third-order valence-corrected chi connectivity index (χ3v) is 3.06. The Bertz CT molecular complexity index is 440. The summed E-state index contributed by atoms with van der Waals surface area (Å²) in [7, 11) is 0. The van der Waals surface area contributed by atoms with E-state index >= 15 is 0 Å². The fourth-order valence-corrected chi connectivity index (χ4v) is 2.18. The number of benzene rings is 1. The maximum atomic E-state index is 11.1. The Morgan fingerprint density at radius 3 is 2.94 bits per heavy atom. The van der Waals surface area contributed by atoms with E-state index in [1.807, 2.05) is 43.3 Å². The highest BCUT2D eigenvalue weighted by atomic mass is 16.4. The summed E-state index contributed by atoms with van der Waals surface area (Å²) in [5.74, 6) is -0.773. The van der Waals surface area contributed by atoms with Gasteiger partial charge in [0, 0.05) is 0 Å². The van der Waals surface area contributed by atoms with E-state index in [-0.39, 0.29) is 6.04 Å². The van der Waals surface area contributed by atoms with Crippen molar-refractivity contribution in [2.75, 3.05) is 0 Å². The van der Waals surface area contributed by atoms with Gasteiger partial charge < -0.3 is 5.11 Å². The van der Waals surface area contributed by atoms with Gasteiger partial charge in [-0.05, 0) is 17.5 Å². The lowest BCUT2D eigenvalue weighted by molar-refractivity contribution is -0.139. The summed E-state index contributed by atoms with van der Waals surface area (Å²) in [5, 5.41) is 12.3. The van der Waals surface area contributed by atoms with Crippen molar-refractivity contribution in [2.24, 2.45) is 0 Å². The number of carboxylic acids is 1. The van der Waals surface area contributed by atoms with Crippen molar-refractivity contribution in [2.45, 2.75) is 31.8 Å². The molecule has 1 aromatic rings. The van der Waals surface area contributed by atoms with Gasteiger partial charge in [-0.2, -0.15) is 0 Å². The van der Waals surface area contributed by atoms with Gasteiger partial charge in [0.05, 0.1) is 6.04 Å². The standard InChI is InChI=1S/C14H17NO2/c1-2-5-13(14(16)17)15-12-9-8-10-6-3-4-7-11(10)12/h3-4,6-9,12-13,15H,2,5H2,1H3,(H,16,17)/t12-,13-/m0/s1. The third kappa shape index (κ3) is 2.56. The quantitative estimate of drug-likeness (QED) is 0.819. The Morgan fingerprint density at radius 2 is 2.24 bits per heavy atom. The van der Waals surface area contributed by atoms with Crippen LogP contribution in [0.1, 0.15) is 36.9 Å². The molecule has 2 atom stereocenters. The first-order valence-corrected chi connectivity index (χ1v) is 5.98. The molecule has 1 aromatic carbocycles. The molecule has 3 nitrogen and oxygen atoms in total. The van der Waals surface area contributed by atoms with Gasteiger partial charge in [-0.25, -0.2) is 0 Å². The Morgan fingerprint density at radius 1 is 1.47 bits per heavy atom. The largest absolute Gasteiger partial charge is 0.480 e. The summed E-state index contributed by atoms with van der Waals surface area (Å²) in [4.78, 5) is 11.1. The average Bonchev–Trinajstić information content (AvgIpc) is 2.72. The molecule has 0 aromatic heterocycles. The summed E-state index contributed by atoms with van der Waals surface area (Å²) in [6.45, 7) is 2.00. The Balaban J connectivity index is 2.10. The van der Waals surface area contributed by atoms with Crippen LogP contribution in [0.5, 0.6) is 0 Å². The highest BCUT2D eigenvalue weighted by Crippen LogP contribution is 2.28. The van der Waals surface area contributed by atoms with Crippen LogP contribution in [-0.2, 0) is 4.79 Å². The molecule has 0 fully saturated rings. The molecule has 3 heteroatoms. The topological polar surface area (TPSA) is 49.3 Å². The van der Waals surface area contributed by atoms with E-state index in [0.29, 0.717) is 6.42 Å². The van der Waals surface area contributed by atoms with Crippen molar-refractivity contribution in [1.82, 2.24) is 5.32 Å². The zero-order chi connectivity index (χ0) is 12.3. The second-order valence-electron chi connectivity index (χ2n) is 4.31. The maximum absolute atomic E-state index is 11.1. The van der Waals surface area contributed by atoms with Crippen LogP contribution >= 0.6 is 0 Å². The minimum atomic E-state index is -0.773. The molecular weight excluding hydrogens is 214 g/mol. The molecule has 0 heterocycles. The van der Waals surface area contributed by atoms with E-state index in [1.165, 1.54) is 5.56 Å². The van der Waals surface area contributed by atoms with Crippen molar-refractivity contribution < 1.29 is 9.90 Å². The number of fused-ring (bicyclic) bond motifs is 1. The van der Waals surface area contributed by atoms with E-state index in [4.69, 9.17) is 5.11 Å². The van der Waals surface area contributed by atoms with Crippen molar-refractivity contribution >= 4 is 12.0 Å². The molecule has 2 N–H and O–H groups in total. The molecule has 0 bridgehead atoms. The van der Waals surface area contributed by atoms with Gasteiger partial charge in [0.2, 0.25) is 0 Å². The zero-order valence-electron chi connectivity index (χ0n) is 9.89. The smallest absolute Gasteiger partial charge is 0.320 e. The van der Waals surface area contributed by atoms with Gasteiger partial charge in [-0.1, -0.05) is 49.8 Å². The summed E-state index contributed by atoms with van der Waals surface area (Å²) in [5.41, 5.74) is 2.33. The Labute approximate surface area is 101 Å². The molecule has 0 aliphatic heterocycles. The highest BCUT2D eigenvalue weighted by molar-refractivity contribution is 5.74. The molecule has 0 saturated carbocycles. The SMILES string of the molecule is CCC[C@H](N[C@H]1C=Cc2ccccc21)C(=O)O. The van der Waals surface area contributed by atoms with Gasteiger partial charge >= 0.3 is 5.97 Å². The zero-order valence-corrected chi connectivity index (χ0v) is 9.89. The molecule has 0 radical (unpaired) electrons. The van der Waals surface area contributed by atoms with Gasteiger partial charge in [0.25, 0.3) is 0 Å². The van der Waals surface area contributed by atoms with Gasteiger partial charge in [0.1, 0.15) is 6.04 Å². The van der Waals surface area contributed by atoms with E-state index in [2.05, 4.69) is 5.32 Å². The second-order valence-corrected chi connectivity index (χ2v) is 4.31. The first kappa shape index (κ1) is 11.9. The monoisotopic (exact) mass is 231 g/mol. The van der Waals surface area contributed by atoms with Crippen molar-refractivity contribution in [1.29, 1.82) is 0 Å². The van der Waals surface area contributed by atoms with E-state index < -0.39 is 12.0 Å². The molecular formula is C14H17NO2. The number of carbonyl (C=O) groups is 1. The lowest BCUT2D eigenvalue weighted by Crippen LogP contribution is -2.38. The minimum Gasteiger partial charge on any atom is -0.480 e. The number of hydrogen-bond acceptors (Lipinski definition) is 2. The molecule has 0 spiro atoms. The molecule has 2 rings (SSSR count). The van der Waals surface area contributed by atoms with Crippen molar-refractivity contribution in [3.05, 3.63) is 41.5 Å². The van der Waals surface area contributed by atoms with Crippen LogP contribution < -0.4 is 5.32 Å². The van der Waals surface area contributed by atoms with E-state index in [9.17, 15) is 4.79 Å². The van der Waals surface area contributed by atoms with Crippen LogP contribution in [0.3, 0.4) is 0 Å². The second kappa shape index (κ2) is 5.15. The molecule has 0 saturated heterocycles. The van der Waals surface area contributed by atoms with Gasteiger partial charge in [0.15, 0.2) is 0 Å². The normalized spacial score (nSPS) is 19.0. The van der Waals surface area contributed by atoms with Gasteiger partial charge in [-0.3, -0.25) is 10.1 Å². The number of aliphatic carboxylic acids is 1. The van der Waals surface area contributed by atoms with Crippen LogP contribution in [0.15, 0.2) is 30.3 Å². The lowest BCUT2D eigenvalue weighted by atomic mass is 10.1. The summed E-state index contributed by atoms with van der Waals surface area (Å²) in [6, 6.07) is 7.61. The van der Waals surface area contributed by atoms with E-state index in [0.717, 1.165) is 12.0 Å². The molecule has 0 amide bonds. The molecule has 90 valence electrons. The fraction of sp³-hybridized carbons (Fsp3) is 0.357. The first-order valence-electron chi connectivity index (χ1n) is 5.98. The number of nitrogens with one attached hydrogen (secondary N) is 1. The van der Waals surface area contributed by atoms with Crippen LogP contribution in [0, 0.1) is 0 Å². The Hall–Kier alpha value is -1.61. The first-order chi connectivity index (χ1) is 8.22. The van der Waals surface area contributed by atoms with Gasteiger partial charge in [-0.15, -0.1) is 0 Å².